The first-order valence-corrected chi connectivity index (χ1v) is 6.70. The summed E-state index contributed by atoms with van der Waals surface area (Å²) in [5, 5.41) is 2.94. The maximum Gasteiger partial charge on any atom is 0.255 e. The number of benzene rings is 1. The second-order valence-corrected chi connectivity index (χ2v) is 5.27. The summed E-state index contributed by atoms with van der Waals surface area (Å²) in [5.74, 6) is -0.00366. The molecule has 0 aliphatic rings. The Morgan fingerprint density at radius 1 is 1.31 bits per heavy atom. The Bertz CT molecular complexity index is 360. The molecule has 1 amide bonds. The van der Waals surface area contributed by atoms with Crippen LogP contribution in [0.25, 0.3) is 0 Å². The van der Waals surface area contributed by atoms with E-state index in [9.17, 15) is 4.79 Å². The fraction of sp³-hybridized carbons (Fsp3) is 0.417. The van der Waals surface area contributed by atoms with Gasteiger partial charge >= 0.3 is 0 Å². The van der Waals surface area contributed by atoms with Gasteiger partial charge in [0.2, 0.25) is 0 Å². The first kappa shape index (κ1) is 13.4. The Balaban J connectivity index is 2.56. The molecule has 0 bridgehead atoms. The van der Waals surface area contributed by atoms with Gasteiger partial charge in [0.25, 0.3) is 5.91 Å². The number of carbonyl (C=O) groups is 1. The van der Waals surface area contributed by atoms with Crippen LogP contribution in [0.5, 0.6) is 0 Å². The van der Waals surface area contributed by atoms with Crippen LogP contribution in [-0.4, -0.2) is 35.7 Å². The van der Waals surface area contributed by atoms with Gasteiger partial charge in [0.1, 0.15) is 4.55 Å². The van der Waals surface area contributed by atoms with Crippen molar-refractivity contribution in [1.29, 1.82) is 0 Å². The molecule has 0 atom stereocenters. The van der Waals surface area contributed by atoms with Crippen molar-refractivity contribution >= 4 is 28.5 Å². The van der Waals surface area contributed by atoms with E-state index in [1.54, 1.807) is 0 Å². The van der Waals surface area contributed by atoms with Crippen molar-refractivity contribution in [3.8, 4) is 0 Å². The van der Waals surface area contributed by atoms with E-state index in [1.165, 1.54) is 5.56 Å². The van der Waals surface area contributed by atoms with Gasteiger partial charge < -0.3 is 9.80 Å². The molecule has 4 heteroatoms. The number of aryl methyl sites for hydroxylation is 1. The lowest BCUT2D eigenvalue weighted by atomic mass is 10.1. The van der Waals surface area contributed by atoms with Gasteiger partial charge in [-0.3, -0.25) is 4.79 Å². The molecule has 0 saturated carbocycles. The molecule has 0 radical (unpaired) electrons. The summed E-state index contributed by atoms with van der Waals surface area (Å²) in [4.78, 5) is 11.8. The lowest BCUT2D eigenvalue weighted by Crippen LogP contribution is -2.47. The summed E-state index contributed by atoms with van der Waals surface area (Å²) in [5.41, 5.74) is 1.89. The number of alkyl halides is 1. The molecule has 1 aromatic carbocycles. The number of nitrogens with zero attached hydrogens (tertiary/aromatic N) is 1. The van der Waals surface area contributed by atoms with E-state index in [1.807, 2.05) is 31.2 Å². The molecule has 16 heavy (non-hydrogen) atoms. The van der Waals surface area contributed by atoms with E-state index in [4.69, 9.17) is 0 Å². The highest BCUT2D eigenvalue weighted by Crippen LogP contribution is 2.04. The van der Waals surface area contributed by atoms with Crippen LogP contribution in [0.3, 0.4) is 0 Å². The number of hydrogen-bond donors (Lipinski definition) is 1. The second kappa shape index (κ2) is 5.63. The number of hydrogen-bond acceptors (Lipinski definition) is 1. The lowest BCUT2D eigenvalue weighted by Gasteiger charge is -2.27. The summed E-state index contributed by atoms with van der Waals surface area (Å²) in [6, 6.07) is 7.62. The van der Waals surface area contributed by atoms with Crippen molar-refractivity contribution in [3.05, 3.63) is 35.4 Å². The topological polar surface area (TPSA) is 29.1 Å². The average Bonchev–Trinajstić information content (AvgIpc) is 2.27. The fourth-order valence-electron chi connectivity index (χ4n) is 1.14. The largest absolute Gasteiger partial charge is 0.305 e. The zero-order valence-corrected chi connectivity index (χ0v) is 12.1. The molecule has 0 aliphatic carbocycles. The second-order valence-electron chi connectivity index (χ2n) is 4.59. The van der Waals surface area contributed by atoms with Crippen molar-refractivity contribution in [2.24, 2.45) is 0 Å². The summed E-state index contributed by atoms with van der Waals surface area (Å²) >= 11 is 2.32. The molecule has 0 aromatic heterocycles. The predicted molar refractivity (Wildman–Crippen MR) is 74.5 cm³/mol. The van der Waals surface area contributed by atoms with Crippen LogP contribution in [0.4, 0.5) is 0 Å². The molecule has 0 saturated heterocycles. The number of quaternary nitrogens is 1. The maximum atomic E-state index is 11.8. The third-order valence-electron chi connectivity index (χ3n) is 2.30. The molecule has 0 spiro atoms. The Kier molecular flexibility index (Phi) is 4.73. The van der Waals surface area contributed by atoms with E-state index in [-0.39, 0.29) is 5.91 Å². The van der Waals surface area contributed by atoms with Gasteiger partial charge in [-0.15, -0.1) is 0 Å². The number of carbonyl (C=O) groups excluding carboxylic acids is 1. The molecule has 1 N–H and O–H groups in total. The Labute approximate surface area is 111 Å². The molecular formula is C12H18IN2O+. The number of halogens is 1. The molecule has 0 unspecified atom stereocenters. The average molecular weight is 333 g/mol. The van der Waals surface area contributed by atoms with Crippen LogP contribution in [0, 0.1) is 6.92 Å². The molecule has 88 valence electrons. The Morgan fingerprint density at radius 3 is 2.38 bits per heavy atom. The summed E-state index contributed by atoms with van der Waals surface area (Å²) in [6.45, 7) is 2.66. The van der Waals surface area contributed by atoms with Crippen molar-refractivity contribution in [2.75, 3.05) is 25.3 Å². The van der Waals surface area contributed by atoms with Crippen LogP contribution in [-0.2, 0) is 0 Å². The SMILES string of the molecule is Cc1ccc(C(=O)NC[N+](C)(C)CI)cc1. The van der Waals surface area contributed by atoms with Gasteiger partial charge in [-0.2, -0.15) is 0 Å². The fourth-order valence-corrected chi connectivity index (χ4v) is 1.38. The van der Waals surface area contributed by atoms with Crippen LogP contribution in [0.15, 0.2) is 24.3 Å². The molecule has 0 heterocycles. The molecule has 0 fully saturated rings. The molecule has 0 aliphatic heterocycles. The molecular weight excluding hydrogens is 315 g/mol. The maximum absolute atomic E-state index is 11.8. The van der Waals surface area contributed by atoms with Crippen molar-refractivity contribution < 1.29 is 9.28 Å². The summed E-state index contributed by atoms with van der Waals surface area (Å²) < 4.78 is 1.74. The van der Waals surface area contributed by atoms with Crippen LogP contribution >= 0.6 is 22.6 Å². The highest BCUT2D eigenvalue weighted by atomic mass is 127. The smallest absolute Gasteiger partial charge is 0.255 e. The van der Waals surface area contributed by atoms with Gasteiger partial charge in [-0.1, -0.05) is 17.7 Å². The highest BCUT2D eigenvalue weighted by Gasteiger charge is 2.14. The van der Waals surface area contributed by atoms with Gasteiger partial charge in [-0.05, 0) is 41.6 Å². The molecule has 3 nitrogen and oxygen atoms in total. The van der Waals surface area contributed by atoms with E-state index in [0.29, 0.717) is 6.67 Å². The van der Waals surface area contributed by atoms with Crippen LogP contribution in [0.2, 0.25) is 0 Å². The summed E-state index contributed by atoms with van der Waals surface area (Å²) in [6.07, 6.45) is 0. The number of rotatable bonds is 4. The normalized spacial score (nSPS) is 11.2. The third kappa shape index (κ3) is 4.09. The molecule has 1 aromatic rings. The van der Waals surface area contributed by atoms with Crippen LogP contribution < -0.4 is 5.32 Å². The standard InChI is InChI=1S/C12H17IN2O/c1-10-4-6-11(7-5-10)12(16)14-9-15(2,3)8-13/h4-7H,8-9H2,1-3H3/p+1. The zero-order valence-electron chi connectivity index (χ0n) is 9.96. The highest BCUT2D eigenvalue weighted by molar-refractivity contribution is 14.1. The third-order valence-corrected chi connectivity index (χ3v) is 4.15. The number of nitrogens with one attached hydrogen (secondary N) is 1. The van der Waals surface area contributed by atoms with E-state index < -0.39 is 0 Å². The minimum atomic E-state index is -0.00366. The van der Waals surface area contributed by atoms with Crippen molar-refractivity contribution in [2.45, 2.75) is 6.92 Å². The molecule has 1 rings (SSSR count). The lowest BCUT2D eigenvalue weighted by molar-refractivity contribution is -0.876. The summed E-state index contributed by atoms with van der Waals surface area (Å²) in [7, 11) is 4.17. The first-order valence-electron chi connectivity index (χ1n) is 5.17. The first-order chi connectivity index (χ1) is 7.44. The van der Waals surface area contributed by atoms with Crippen LogP contribution in [0.1, 0.15) is 15.9 Å². The zero-order chi connectivity index (χ0) is 12.2. The van der Waals surface area contributed by atoms with E-state index in [0.717, 1.165) is 14.6 Å². The van der Waals surface area contributed by atoms with Crippen molar-refractivity contribution in [1.82, 2.24) is 5.32 Å². The monoisotopic (exact) mass is 333 g/mol. The quantitative estimate of drug-likeness (QED) is 0.296. The minimum absolute atomic E-state index is 0.00366. The Morgan fingerprint density at radius 2 is 1.88 bits per heavy atom. The minimum Gasteiger partial charge on any atom is -0.305 e. The predicted octanol–water partition coefficient (Wildman–Crippen LogP) is 2.15. The van der Waals surface area contributed by atoms with Gasteiger partial charge in [-0.25, -0.2) is 0 Å². The Hall–Kier alpha value is -0.620. The van der Waals surface area contributed by atoms with Gasteiger partial charge in [0.05, 0.1) is 14.1 Å². The van der Waals surface area contributed by atoms with E-state index >= 15 is 0 Å². The van der Waals surface area contributed by atoms with Crippen molar-refractivity contribution in [3.63, 3.8) is 0 Å². The van der Waals surface area contributed by atoms with Gasteiger partial charge in [0, 0.05) is 5.56 Å². The van der Waals surface area contributed by atoms with Gasteiger partial charge in [0.15, 0.2) is 6.67 Å². The van der Waals surface area contributed by atoms with E-state index in [2.05, 4.69) is 42.0 Å². The number of amides is 1.